The number of fused-ring (bicyclic) bond motifs is 1. The highest BCUT2D eigenvalue weighted by Crippen LogP contribution is 2.25. The molecule has 29 heavy (non-hydrogen) atoms. The van der Waals surface area contributed by atoms with Gasteiger partial charge in [-0.15, -0.1) is 11.3 Å². The molecule has 4 rings (SSSR count). The SMILES string of the molecule is CCc1noc(C)c1C(=O)N1CC[NH+](Cc2nc3sc(C)c(C)c3c(=O)[nH]2)CC1. The number of nitrogens with one attached hydrogen (secondary N) is 2. The molecule has 9 heteroatoms. The number of rotatable bonds is 4. The number of piperazine rings is 1. The number of thiophene rings is 1. The topological polar surface area (TPSA) is 96.5 Å². The van der Waals surface area contributed by atoms with Crippen molar-refractivity contribution in [3.63, 3.8) is 0 Å². The van der Waals surface area contributed by atoms with Gasteiger partial charge >= 0.3 is 0 Å². The lowest BCUT2D eigenvalue weighted by Gasteiger charge is -2.32. The minimum Gasteiger partial charge on any atom is -0.361 e. The highest BCUT2D eigenvalue weighted by atomic mass is 32.1. The first-order valence-electron chi connectivity index (χ1n) is 9.95. The first-order valence-corrected chi connectivity index (χ1v) is 10.8. The summed E-state index contributed by atoms with van der Waals surface area (Å²) in [4.78, 5) is 38.1. The number of carbonyl (C=O) groups is 1. The van der Waals surface area contributed by atoms with Crippen molar-refractivity contribution in [2.24, 2.45) is 0 Å². The third kappa shape index (κ3) is 3.60. The summed E-state index contributed by atoms with van der Waals surface area (Å²) in [6.45, 7) is 11.3. The van der Waals surface area contributed by atoms with E-state index >= 15 is 0 Å². The molecule has 0 radical (unpaired) electrons. The van der Waals surface area contributed by atoms with Crippen LogP contribution in [0.4, 0.5) is 0 Å². The van der Waals surface area contributed by atoms with Gasteiger partial charge in [-0.05, 0) is 32.8 Å². The molecule has 0 aliphatic carbocycles. The zero-order valence-corrected chi connectivity index (χ0v) is 18.0. The lowest BCUT2D eigenvalue weighted by molar-refractivity contribution is -0.918. The van der Waals surface area contributed by atoms with Crippen LogP contribution in [0.2, 0.25) is 0 Å². The smallest absolute Gasteiger partial charge is 0.260 e. The molecule has 0 saturated carbocycles. The van der Waals surface area contributed by atoms with E-state index in [1.165, 1.54) is 4.90 Å². The lowest BCUT2D eigenvalue weighted by atomic mass is 10.1. The third-order valence-corrected chi connectivity index (χ3v) is 6.85. The van der Waals surface area contributed by atoms with E-state index in [0.717, 1.165) is 34.1 Å². The van der Waals surface area contributed by atoms with Crippen LogP contribution in [0.1, 0.15) is 45.0 Å². The molecule has 1 fully saturated rings. The van der Waals surface area contributed by atoms with E-state index in [2.05, 4.69) is 15.1 Å². The summed E-state index contributed by atoms with van der Waals surface area (Å²) in [7, 11) is 0. The van der Waals surface area contributed by atoms with E-state index in [4.69, 9.17) is 4.52 Å². The van der Waals surface area contributed by atoms with Gasteiger partial charge in [-0.3, -0.25) is 9.59 Å². The Morgan fingerprint density at radius 1 is 1.28 bits per heavy atom. The van der Waals surface area contributed by atoms with Gasteiger partial charge in [-0.25, -0.2) is 4.98 Å². The van der Waals surface area contributed by atoms with E-state index in [0.29, 0.717) is 48.6 Å². The Kier molecular flexibility index (Phi) is 5.26. The van der Waals surface area contributed by atoms with Crippen LogP contribution in [-0.2, 0) is 13.0 Å². The molecule has 3 aromatic rings. The fourth-order valence-corrected chi connectivity index (χ4v) is 4.96. The Bertz CT molecular complexity index is 1120. The normalized spacial score (nSPS) is 15.4. The molecular weight excluding hydrogens is 390 g/mol. The average molecular weight is 417 g/mol. The zero-order valence-electron chi connectivity index (χ0n) is 17.2. The second kappa shape index (κ2) is 7.72. The summed E-state index contributed by atoms with van der Waals surface area (Å²) in [5.74, 6) is 1.29. The number of H-pyrrole nitrogens is 1. The summed E-state index contributed by atoms with van der Waals surface area (Å²) >= 11 is 1.57. The fourth-order valence-electron chi connectivity index (χ4n) is 3.91. The maximum atomic E-state index is 12.9. The Balaban J connectivity index is 1.44. The summed E-state index contributed by atoms with van der Waals surface area (Å²) in [5.41, 5.74) is 2.28. The molecule has 1 amide bonds. The van der Waals surface area contributed by atoms with Crippen LogP contribution in [-0.4, -0.2) is 52.1 Å². The molecule has 0 atom stereocenters. The van der Waals surface area contributed by atoms with Crippen LogP contribution in [0.3, 0.4) is 0 Å². The molecule has 1 aliphatic rings. The van der Waals surface area contributed by atoms with E-state index in [1.54, 1.807) is 18.3 Å². The minimum absolute atomic E-state index is 0.00265. The number of aromatic amines is 1. The van der Waals surface area contributed by atoms with Crippen molar-refractivity contribution in [1.29, 1.82) is 0 Å². The second-order valence-electron chi connectivity index (χ2n) is 7.61. The predicted octanol–water partition coefficient (Wildman–Crippen LogP) is 1.00. The number of quaternary nitrogens is 1. The maximum absolute atomic E-state index is 12.9. The van der Waals surface area contributed by atoms with Crippen molar-refractivity contribution in [3.05, 3.63) is 43.6 Å². The summed E-state index contributed by atoms with van der Waals surface area (Å²) < 4.78 is 5.21. The number of carbonyl (C=O) groups excluding carboxylic acids is 1. The largest absolute Gasteiger partial charge is 0.361 e. The molecule has 2 N–H and O–H groups in total. The van der Waals surface area contributed by atoms with Gasteiger partial charge < -0.3 is 19.3 Å². The van der Waals surface area contributed by atoms with Crippen LogP contribution in [0.15, 0.2) is 9.32 Å². The zero-order chi connectivity index (χ0) is 20.7. The Morgan fingerprint density at radius 2 is 2.00 bits per heavy atom. The maximum Gasteiger partial charge on any atom is 0.260 e. The summed E-state index contributed by atoms with van der Waals surface area (Å²) in [6.07, 6.45) is 0.673. The minimum atomic E-state index is -0.0601. The standard InChI is InChI=1S/C20H25N5O3S/c1-5-14-17(12(3)28-23-14)20(27)25-8-6-24(7-9-25)10-15-21-18(26)16-11(2)13(4)29-19(16)22-15/h5-10H2,1-4H3,(H,21,22,26)/p+1. The molecule has 1 aliphatic heterocycles. The molecule has 8 nitrogen and oxygen atoms in total. The van der Waals surface area contributed by atoms with Crippen molar-refractivity contribution in [3.8, 4) is 0 Å². The number of amides is 1. The number of hydrogen-bond acceptors (Lipinski definition) is 6. The Labute approximate surface area is 172 Å². The van der Waals surface area contributed by atoms with Crippen molar-refractivity contribution in [2.75, 3.05) is 26.2 Å². The summed E-state index contributed by atoms with van der Waals surface area (Å²) in [6, 6.07) is 0. The van der Waals surface area contributed by atoms with Crippen LogP contribution < -0.4 is 10.5 Å². The second-order valence-corrected chi connectivity index (χ2v) is 8.81. The van der Waals surface area contributed by atoms with Crippen molar-refractivity contribution in [2.45, 2.75) is 40.7 Å². The van der Waals surface area contributed by atoms with Gasteiger partial charge in [0.1, 0.15) is 22.7 Å². The van der Waals surface area contributed by atoms with E-state index in [9.17, 15) is 9.59 Å². The van der Waals surface area contributed by atoms with E-state index in [-0.39, 0.29) is 11.5 Å². The molecule has 0 bridgehead atoms. The highest BCUT2D eigenvalue weighted by Gasteiger charge is 2.29. The number of nitrogens with zero attached hydrogens (tertiary/aromatic N) is 3. The van der Waals surface area contributed by atoms with Crippen LogP contribution in [0, 0.1) is 20.8 Å². The first-order chi connectivity index (χ1) is 13.9. The summed E-state index contributed by atoms with van der Waals surface area (Å²) in [5, 5.41) is 4.70. The lowest BCUT2D eigenvalue weighted by Crippen LogP contribution is -3.13. The Hall–Kier alpha value is -2.52. The van der Waals surface area contributed by atoms with Crippen molar-refractivity contribution < 1.29 is 14.2 Å². The van der Waals surface area contributed by atoms with Gasteiger partial charge in [0.05, 0.1) is 37.3 Å². The van der Waals surface area contributed by atoms with Gasteiger partial charge in [0.15, 0.2) is 5.82 Å². The molecule has 0 unspecified atom stereocenters. The third-order valence-electron chi connectivity index (χ3n) is 5.75. The van der Waals surface area contributed by atoms with Crippen molar-refractivity contribution >= 4 is 27.5 Å². The predicted molar refractivity (Wildman–Crippen MR) is 111 cm³/mol. The van der Waals surface area contributed by atoms with Gasteiger partial charge in [0.2, 0.25) is 0 Å². The molecule has 154 valence electrons. The number of hydrogen-bond donors (Lipinski definition) is 2. The van der Waals surface area contributed by atoms with Gasteiger partial charge in [0.25, 0.3) is 11.5 Å². The van der Waals surface area contributed by atoms with Crippen molar-refractivity contribution in [1.82, 2.24) is 20.0 Å². The van der Waals surface area contributed by atoms with Crippen LogP contribution >= 0.6 is 11.3 Å². The van der Waals surface area contributed by atoms with E-state index < -0.39 is 0 Å². The molecule has 0 aromatic carbocycles. The number of aryl methyl sites for hydroxylation is 4. The van der Waals surface area contributed by atoms with Gasteiger partial charge in [-0.1, -0.05) is 12.1 Å². The quantitative estimate of drug-likeness (QED) is 0.662. The monoisotopic (exact) mass is 416 g/mol. The molecule has 1 saturated heterocycles. The van der Waals surface area contributed by atoms with Gasteiger partial charge in [0, 0.05) is 4.88 Å². The molecule has 3 aromatic heterocycles. The highest BCUT2D eigenvalue weighted by molar-refractivity contribution is 7.18. The molecule has 0 spiro atoms. The van der Waals surface area contributed by atoms with Crippen LogP contribution in [0.5, 0.6) is 0 Å². The average Bonchev–Trinajstić information content (AvgIpc) is 3.21. The molecular formula is C20H26N5O3S+. The number of aromatic nitrogens is 3. The first kappa shape index (κ1) is 19.8. The molecule has 4 heterocycles. The van der Waals surface area contributed by atoms with Gasteiger partial charge in [-0.2, -0.15) is 0 Å². The van der Waals surface area contributed by atoms with Crippen LogP contribution in [0.25, 0.3) is 10.2 Å². The Morgan fingerprint density at radius 3 is 2.69 bits per heavy atom. The fraction of sp³-hybridized carbons (Fsp3) is 0.500. The van der Waals surface area contributed by atoms with E-state index in [1.807, 2.05) is 25.7 Å².